The molecule has 1 amide bonds. The first kappa shape index (κ1) is 23.8. The monoisotopic (exact) mass is 470 g/mol. The van der Waals surface area contributed by atoms with E-state index in [9.17, 15) is 34.8 Å². The molecule has 34 heavy (non-hydrogen) atoms. The number of nitrogens with zero attached hydrogens (tertiary/aromatic N) is 1. The summed E-state index contributed by atoms with van der Waals surface area (Å²) in [5, 5.41) is 46.6. The second-order valence-corrected chi connectivity index (χ2v) is 10.6. The molecule has 0 bridgehead atoms. The Kier molecular flexibility index (Phi) is 5.32. The Hall–Kier alpha value is -3.33. The summed E-state index contributed by atoms with van der Waals surface area (Å²) in [6, 6.07) is 3.13. The lowest BCUT2D eigenvalue weighted by molar-refractivity contribution is -0.147. The molecule has 0 aliphatic heterocycles. The quantitative estimate of drug-likeness (QED) is 0.412. The molecule has 0 saturated heterocycles. The number of amides is 1. The Bertz CT molecular complexity index is 1190. The van der Waals surface area contributed by atoms with E-state index in [0.717, 1.165) is 5.69 Å². The zero-order valence-electron chi connectivity index (χ0n) is 19.9. The average Bonchev–Trinajstić information content (AvgIpc) is 2.69. The molecule has 3 aliphatic carbocycles. The van der Waals surface area contributed by atoms with Crippen molar-refractivity contribution in [1.29, 1.82) is 0 Å². The van der Waals surface area contributed by atoms with Crippen LogP contribution >= 0.6 is 0 Å². The van der Waals surface area contributed by atoms with Gasteiger partial charge in [0.05, 0.1) is 5.56 Å². The summed E-state index contributed by atoms with van der Waals surface area (Å²) in [5.41, 5.74) is -2.49. The average molecular weight is 471 g/mol. The molecule has 182 valence electrons. The molecule has 3 atom stereocenters. The van der Waals surface area contributed by atoms with Crippen molar-refractivity contribution >= 4 is 28.9 Å². The van der Waals surface area contributed by atoms with E-state index in [1.165, 1.54) is 6.07 Å². The number of carbonyl (C=O) groups is 3. The number of Topliss-reactive ketones (excluding diaryl/α,β-unsaturated/α-hetero) is 2. The highest BCUT2D eigenvalue weighted by atomic mass is 16.3. The Morgan fingerprint density at radius 3 is 2.35 bits per heavy atom. The number of anilines is 1. The maximum atomic E-state index is 13.6. The van der Waals surface area contributed by atoms with E-state index in [1.807, 2.05) is 19.0 Å². The second-order valence-electron chi connectivity index (χ2n) is 10.6. The number of aliphatic hydroxyl groups is 3. The first-order valence-electron chi connectivity index (χ1n) is 11.2. The summed E-state index contributed by atoms with van der Waals surface area (Å²) in [4.78, 5) is 41.1. The third kappa shape index (κ3) is 3.37. The normalized spacial score (nSPS) is 26.6. The number of hydrogen-bond donors (Lipinski definition) is 5. The van der Waals surface area contributed by atoms with E-state index in [0.29, 0.717) is 12.0 Å². The van der Waals surface area contributed by atoms with Crippen molar-refractivity contribution < 1.29 is 34.8 Å². The number of phenols is 1. The number of hydrogen-bond acceptors (Lipinski definition) is 8. The highest BCUT2D eigenvalue weighted by Gasteiger charge is 2.60. The minimum atomic E-state index is -2.52. The first-order valence-corrected chi connectivity index (χ1v) is 11.2. The van der Waals surface area contributed by atoms with Gasteiger partial charge in [-0.15, -0.1) is 0 Å². The smallest absolute Gasteiger partial charge is 0.258 e. The lowest BCUT2D eigenvalue weighted by atomic mass is 9.59. The van der Waals surface area contributed by atoms with Gasteiger partial charge in [-0.25, -0.2) is 0 Å². The summed E-state index contributed by atoms with van der Waals surface area (Å²) >= 11 is 0. The number of phenolic OH excluding ortho intramolecular Hbond substituents is 1. The van der Waals surface area contributed by atoms with Crippen molar-refractivity contribution in [3.63, 3.8) is 0 Å². The van der Waals surface area contributed by atoms with Gasteiger partial charge in [0.25, 0.3) is 5.91 Å². The van der Waals surface area contributed by atoms with Crippen molar-refractivity contribution in [2.24, 2.45) is 11.8 Å². The topological polar surface area (TPSA) is 147 Å². The number of nitrogens with one attached hydrogen (secondary N) is 1. The molecule has 3 aliphatic rings. The first-order chi connectivity index (χ1) is 15.7. The molecule has 9 nitrogen and oxygen atoms in total. The van der Waals surface area contributed by atoms with Crippen LogP contribution in [0.1, 0.15) is 44.7 Å². The lowest BCUT2D eigenvalue weighted by Gasteiger charge is -2.46. The maximum absolute atomic E-state index is 13.6. The summed E-state index contributed by atoms with van der Waals surface area (Å²) in [6.07, 6.45) is 0.135. The highest BCUT2D eigenvalue weighted by Crippen LogP contribution is 2.53. The van der Waals surface area contributed by atoms with Crippen LogP contribution in [0.25, 0.3) is 5.76 Å². The third-order valence-corrected chi connectivity index (χ3v) is 6.87. The van der Waals surface area contributed by atoms with Crippen LogP contribution in [0.15, 0.2) is 29.0 Å². The lowest BCUT2D eigenvalue weighted by Crippen LogP contribution is -2.58. The van der Waals surface area contributed by atoms with Gasteiger partial charge in [-0.05, 0) is 57.2 Å². The predicted octanol–water partition coefficient (Wildman–Crippen LogP) is 1.92. The van der Waals surface area contributed by atoms with Crippen LogP contribution < -0.4 is 10.2 Å². The van der Waals surface area contributed by atoms with Gasteiger partial charge >= 0.3 is 0 Å². The molecule has 0 heterocycles. The molecule has 5 N–H and O–H groups in total. The van der Waals surface area contributed by atoms with Gasteiger partial charge < -0.3 is 30.6 Å². The van der Waals surface area contributed by atoms with Gasteiger partial charge in [-0.3, -0.25) is 14.4 Å². The highest BCUT2D eigenvalue weighted by molar-refractivity contribution is 6.23. The van der Waals surface area contributed by atoms with Gasteiger partial charge in [0.1, 0.15) is 22.8 Å². The summed E-state index contributed by atoms with van der Waals surface area (Å²) in [6.45, 7) is 5.08. The molecular weight excluding hydrogens is 440 g/mol. The SMILES string of the molecule is CN(C)c1ccc(O)c2c1C[C@H]1C[C@H]3CC(=O)C(C(=O)NC(C)(C)C)=C(O)[C@@]3(O)C(=O)C1=C2O. The van der Waals surface area contributed by atoms with Crippen LogP contribution in [0.2, 0.25) is 0 Å². The zero-order valence-corrected chi connectivity index (χ0v) is 19.9. The predicted molar refractivity (Wildman–Crippen MR) is 124 cm³/mol. The maximum Gasteiger partial charge on any atom is 0.258 e. The van der Waals surface area contributed by atoms with Gasteiger partial charge in [0.2, 0.25) is 5.78 Å². The van der Waals surface area contributed by atoms with E-state index >= 15 is 0 Å². The molecule has 0 radical (unpaired) electrons. The zero-order chi connectivity index (χ0) is 25.3. The molecule has 0 spiro atoms. The number of rotatable bonds is 2. The summed E-state index contributed by atoms with van der Waals surface area (Å²) in [7, 11) is 3.64. The number of fused-ring (bicyclic) bond motifs is 3. The standard InChI is InChI=1S/C25H30N2O7/c1-24(2,3)26-23(33)19-16(29)10-12-8-11-9-13-14(27(4)5)6-7-15(28)18(13)20(30)17(11)21(31)25(12,34)22(19)32/h6-7,11-12,28,30,32,34H,8-10H2,1-5H3,(H,26,33)/t11-,12+,25+/m1/s1. The van der Waals surface area contributed by atoms with E-state index in [2.05, 4.69) is 5.32 Å². The van der Waals surface area contributed by atoms with E-state index in [-0.39, 0.29) is 29.7 Å². The van der Waals surface area contributed by atoms with Crippen molar-refractivity contribution in [1.82, 2.24) is 5.32 Å². The van der Waals surface area contributed by atoms with Crippen LogP contribution in [0, 0.1) is 11.8 Å². The molecule has 9 heteroatoms. The fraction of sp³-hybridized carbons (Fsp3) is 0.480. The Balaban J connectivity index is 1.88. The number of carbonyl (C=O) groups excluding carboxylic acids is 3. The van der Waals surface area contributed by atoms with Gasteiger partial charge in [-0.1, -0.05) is 0 Å². The molecule has 1 saturated carbocycles. The molecular formula is C25H30N2O7. The van der Waals surface area contributed by atoms with Crippen LogP contribution in [0.5, 0.6) is 5.75 Å². The van der Waals surface area contributed by atoms with Crippen molar-refractivity contribution in [3.05, 3.63) is 40.2 Å². The van der Waals surface area contributed by atoms with E-state index < -0.39 is 57.5 Å². The fourth-order valence-electron chi connectivity index (χ4n) is 5.41. The Morgan fingerprint density at radius 2 is 1.76 bits per heavy atom. The van der Waals surface area contributed by atoms with E-state index in [1.54, 1.807) is 26.8 Å². The minimum Gasteiger partial charge on any atom is -0.508 e. The Labute approximate surface area is 197 Å². The summed E-state index contributed by atoms with van der Waals surface area (Å²) in [5.74, 6) is -5.64. The largest absolute Gasteiger partial charge is 0.508 e. The number of benzene rings is 1. The number of aliphatic hydroxyl groups excluding tert-OH is 2. The molecule has 0 unspecified atom stereocenters. The van der Waals surface area contributed by atoms with Gasteiger partial charge in [0.15, 0.2) is 11.4 Å². The van der Waals surface area contributed by atoms with Gasteiger partial charge in [-0.2, -0.15) is 0 Å². The van der Waals surface area contributed by atoms with Crippen molar-refractivity contribution in [2.75, 3.05) is 19.0 Å². The van der Waals surface area contributed by atoms with E-state index in [4.69, 9.17) is 0 Å². The number of aromatic hydroxyl groups is 1. The minimum absolute atomic E-state index is 0.105. The molecule has 0 aromatic heterocycles. The van der Waals surface area contributed by atoms with Crippen LogP contribution in [-0.2, 0) is 20.8 Å². The summed E-state index contributed by atoms with van der Waals surface area (Å²) < 4.78 is 0. The van der Waals surface area contributed by atoms with Crippen LogP contribution in [0.4, 0.5) is 5.69 Å². The number of ketones is 2. The second kappa shape index (κ2) is 7.59. The molecule has 1 fully saturated rings. The van der Waals surface area contributed by atoms with Crippen molar-refractivity contribution in [3.8, 4) is 5.75 Å². The van der Waals surface area contributed by atoms with Crippen molar-refractivity contribution in [2.45, 2.75) is 51.2 Å². The van der Waals surface area contributed by atoms with Gasteiger partial charge in [0, 0.05) is 43.2 Å². The van der Waals surface area contributed by atoms with Crippen LogP contribution in [-0.4, -0.2) is 63.1 Å². The Morgan fingerprint density at radius 1 is 1.12 bits per heavy atom. The molecule has 1 aromatic rings. The van der Waals surface area contributed by atoms with Crippen LogP contribution in [0.3, 0.4) is 0 Å². The third-order valence-electron chi connectivity index (χ3n) is 6.87. The molecule has 4 rings (SSSR count). The molecule has 1 aromatic carbocycles. The fourth-order valence-corrected chi connectivity index (χ4v) is 5.41.